The van der Waals surface area contributed by atoms with Crippen LogP contribution in [0, 0.1) is 0 Å². The number of H-pyrrole nitrogens is 1. The molecule has 0 bridgehead atoms. The van der Waals surface area contributed by atoms with Crippen LogP contribution < -0.4 is 33.2 Å². The zero-order valence-corrected chi connectivity index (χ0v) is 18.9. The van der Waals surface area contributed by atoms with Gasteiger partial charge in [-0.15, -0.1) is 0 Å². The lowest BCUT2D eigenvalue weighted by atomic mass is 10.1. The van der Waals surface area contributed by atoms with Gasteiger partial charge in [0.15, 0.2) is 0 Å². The topological polar surface area (TPSA) is 303 Å². The monoisotopic (exact) mass is 512 g/mol. The van der Waals surface area contributed by atoms with Gasteiger partial charge < -0.3 is 48.3 Å². The standard InChI is InChI=1S/C19H28N8O9/c20-9(4-15(30)31)16(32)26-11(3-8-6-23-7-24-8)18(34)25-10(1-2-13(21)28)17(33)27-12(19(35)36)5-14(22)29/h6-7,9-12H,1-5,20H2,(H2,21,28)(H2,22,29)(H,23,24)(H,25,34)(H,26,32)(H,27,33)(H,30,31)(H,35,36). The molecule has 1 heterocycles. The molecule has 0 spiro atoms. The van der Waals surface area contributed by atoms with Gasteiger partial charge in [-0.1, -0.05) is 0 Å². The highest BCUT2D eigenvalue weighted by atomic mass is 16.4. The summed E-state index contributed by atoms with van der Waals surface area (Å²) in [4.78, 5) is 89.0. The fourth-order valence-corrected chi connectivity index (χ4v) is 2.89. The number of hydrogen-bond acceptors (Lipinski definition) is 9. The number of carbonyl (C=O) groups excluding carboxylic acids is 5. The van der Waals surface area contributed by atoms with Gasteiger partial charge in [0.25, 0.3) is 0 Å². The van der Waals surface area contributed by atoms with Crippen molar-refractivity contribution in [2.75, 3.05) is 0 Å². The number of nitrogens with one attached hydrogen (secondary N) is 4. The Morgan fingerprint density at radius 3 is 1.94 bits per heavy atom. The van der Waals surface area contributed by atoms with E-state index < -0.39 is 78.5 Å². The van der Waals surface area contributed by atoms with Crippen LogP contribution in [0.3, 0.4) is 0 Å². The van der Waals surface area contributed by atoms with Crippen molar-refractivity contribution in [1.29, 1.82) is 0 Å². The molecule has 4 unspecified atom stereocenters. The lowest BCUT2D eigenvalue weighted by Crippen LogP contribution is -2.58. The van der Waals surface area contributed by atoms with Crippen LogP contribution in [0.15, 0.2) is 12.5 Å². The number of primary amides is 2. The zero-order chi connectivity index (χ0) is 27.4. The summed E-state index contributed by atoms with van der Waals surface area (Å²) in [5.41, 5.74) is 16.0. The van der Waals surface area contributed by atoms with Crippen LogP contribution in [-0.2, 0) is 40.0 Å². The molecule has 1 rings (SSSR count). The quantitative estimate of drug-likeness (QED) is 0.101. The number of amides is 5. The van der Waals surface area contributed by atoms with Crippen LogP contribution >= 0.6 is 0 Å². The van der Waals surface area contributed by atoms with Crippen LogP contribution in [0.2, 0.25) is 0 Å². The molecule has 0 aromatic carbocycles. The number of nitrogens with two attached hydrogens (primary N) is 3. The summed E-state index contributed by atoms with van der Waals surface area (Å²) in [6.07, 6.45) is 0.285. The Bertz CT molecular complexity index is 982. The van der Waals surface area contributed by atoms with Gasteiger partial charge >= 0.3 is 11.9 Å². The molecule has 36 heavy (non-hydrogen) atoms. The maximum atomic E-state index is 13.0. The number of aromatic amines is 1. The number of aromatic nitrogens is 2. The van der Waals surface area contributed by atoms with Gasteiger partial charge in [-0.05, 0) is 6.42 Å². The first kappa shape index (κ1) is 29.5. The lowest BCUT2D eigenvalue weighted by molar-refractivity contribution is -0.144. The molecule has 0 aliphatic heterocycles. The van der Waals surface area contributed by atoms with Crippen molar-refractivity contribution in [2.45, 2.75) is 56.3 Å². The van der Waals surface area contributed by atoms with E-state index >= 15 is 0 Å². The highest BCUT2D eigenvalue weighted by Crippen LogP contribution is 2.05. The molecule has 1 aromatic rings. The SMILES string of the molecule is NC(=O)CCC(NC(=O)C(Cc1cnc[nH]1)NC(=O)C(N)CC(=O)O)C(=O)NC(CC(N)=O)C(=O)O. The van der Waals surface area contributed by atoms with Crippen molar-refractivity contribution >= 4 is 41.5 Å². The number of aliphatic carboxylic acids is 2. The summed E-state index contributed by atoms with van der Waals surface area (Å²) >= 11 is 0. The first-order valence-electron chi connectivity index (χ1n) is 10.4. The molecule has 0 aliphatic rings. The molecular formula is C19H28N8O9. The Kier molecular flexibility index (Phi) is 11.5. The third-order valence-electron chi connectivity index (χ3n) is 4.68. The van der Waals surface area contributed by atoms with Crippen LogP contribution in [-0.4, -0.2) is 85.8 Å². The molecule has 198 valence electrons. The highest BCUT2D eigenvalue weighted by Gasteiger charge is 2.31. The molecule has 5 amide bonds. The maximum Gasteiger partial charge on any atom is 0.326 e. The predicted molar refractivity (Wildman–Crippen MR) is 118 cm³/mol. The van der Waals surface area contributed by atoms with E-state index in [-0.39, 0.29) is 19.3 Å². The molecule has 1 aromatic heterocycles. The van der Waals surface area contributed by atoms with Crippen molar-refractivity contribution in [3.63, 3.8) is 0 Å². The number of carboxylic acids is 2. The van der Waals surface area contributed by atoms with Crippen LogP contribution in [0.25, 0.3) is 0 Å². The third kappa shape index (κ3) is 10.6. The number of rotatable bonds is 16. The predicted octanol–water partition coefficient (Wildman–Crippen LogP) is -4.57. The van der Waals surface area contributed by atoms with E-state index in [0.29, 0.717) is 5.69 Å². The first-order chi connectivity index (χ1) is 16.8. The molecule has 0 aliphatic carbocycles. The average Bonchev–Trinajstić information content (AvgIpc) is 3.27. The number of imidazole rings is 1. The molecular weight excluding hydrogens is 484 g/mol. The Hall–Kier alpha value is -4.54. The van der Waals surface area contributed by atoms with E-state index in [4.69, 9.17) is 22.3 Å². The second-order valence-electron chi connectivity index (χ2n) is 7.68. The fourth-order valence-electron chi connectivity index (χ4n) is 2.89. The molecule has 17 nitrogen and oxygen atoms in total. The minimum atomic E-state index is -1.71. The summed E-state index contributed by atoms with van der Waals surface area (Å²) in [6, 6.07) is -6.09. The van der Waals surface area contributed by atoms with Crippen molar-refractivity contribution in [1.82, 2.24) is 25.9 Å². The minimum absolute atomic E-state index is 0.180. The van der Waals surface area contributed by atoms with Crippen molar-refractivity contribution in [3.8, 4) is 0 Å². The van der Waals surface area contributed by atoms with Gasteiger partial charge in [-0.2, -0.15) is 0 Å². The fraction of sp³-hybridized carbons (Fsp3) is 0.474. The number of nitrogens with zero attached hydrogens (tertiary/aromatic N) is 1. The van der Waals surface area contributed by atoms with Crippen LogP contribution in [0.4, 0.5) is 0 Å². The van der Waals surface area contributed by atoms with Crippen molar-refractivity contribution < 1.29 is 43.8 Å². The molecule has 12 N–H and O–H groups in total. The first-order valence-corrected chi connectivity index (χ1v) is 10.4. The van der Waals surface area contributed by atoms with Gasteiger partial charge in [0.05, 0.1) is 25.2 Å². The van der Waals surface area contributed by atoms with E-state index in [2.05, 4.69) is 20.6 Å². The zero-order valence-electron chi connectivity index (χ0n) is 18.9. The lowest BCUT2D eigenvalue weighted by Gasteiger charge is -2.24. The second kappa shape index (κ2) is 14.0. The van der Waals surface area contributed by atoms with E-state index in [9.17, 15) is 38.7 Å². The number of carbonyl (C=O) groups is 7. The van der Waals surface area contributed by atoms with Gasteiger partial charge in [-0.25, -0.2) is 9.78 Å². The van der Waals surface area contributed by atoms with E-state index in [0.717, 1.165) is 0 Å². The van der Waals surface area contributed by atoms with E-state index in [1.807, 2.05) is 5.32 Å². The third-order valence-corrected chi connectivity index (χ3v) is 4.68. The van der Waals surface area contributed by atoms with Crippen LogP contribution in [0.5, 0.6) is 0 Å². The molecule has 0 radical (unpaired) electrons. The Morgan fingerprint density at radius 2 is 1.44 bits per heavy atom. The Balaban J connectivity index is 3.10. The molecule has 4 atom stereocenters. The number of hydrogen-bond donors (Lipinski definition) is 9. The molecule has 17 heteroatoms. The molecule has 0 fully saturated rings. The molecule has 0 saturated heterocycles. The Morgan fingerprint density at radius 1 is 0.861 bits per heavy atom. The van der Waals surface area contributed by atoms with Crippen molar-refractivity contribution in [3.05, 3.63) is 18.2 Å². The number of carboxylic acid groups (broad SMARTS) is 2. The van der Waals surface area contributed by atoms with E-state index in [1.54, 1.807) is 0 Å². The maximum absolute atomic E-state index is 13.0. The van der Waals surface area contributed by atoms with E-state index in [1.165, 1.54) is 12.5 Å². The average molecular weight is 512 g/mol. The van der Waals surface area contributed by atoms with Crippen LogP contribution in [0.1, 0.15) is 31.4 Å². The summed E-state index contributed by atoms with van der Waals surface area (Å²) < 4.78 is 0. The van der Waals surface area contributed by atoms with Gasteiger partial charge in [0.2, 0.25) is 29.5 Å². The largest absolute Gasteiger partial charge is 0.481 e. The van der Waals surface area contributed by atoms with Gasteiger partial charge in [0.1, 0.15) is 18.1 Å². The highest BCUT2D eigenvalue weighted by molar-refractivity contribution is 5.95. The van der Waals surface area contributed by atoms with Gasteiger partial charge in [0, 0.05) is 24.7 Å². The summed E-state index contributed by atoms with van der Waals surface area (Å²) in [5.74, 6) is -7.74. The molecule has 0 saturated carbocycles. The summed E-state index contributed by atoms with van der Waals surface area (Å²) in [7, 11) is 0. The smallest absolute Gasteiger partial charge is 0.326 e. The van der Waals surface area contributed by atoms with Crippen molar-refractivity contribution in [2.24, 2.45) is 17.2 Å². The second-order valence-corrected chi connectivity index (χ2v) is 7.68. The summed E-state index contributed by atoms with van der Waals surface area (Å²) in [5, 5.41) is 24.7. The normalized spacial score (nSPS) is 13.9. The Labute approximate surface area is 203 Å². The summed E-state index contributed by atoms with van der Waals surface area (Å²) in [6.45, 7) is 0. The minimum Gasteiger partial charge on any atom is -0.481 e. The van der Waals surface area contributed by atoms with Gasteiger partial charge in [-0.3, -0.25) is 28.8 Å².